The second-order valence-electron chi connectivity index (χ2n) is 5.05. The van der Waals surface area contributed by atoms with Gasteiger partial charge in [0, 0.05) is 51.0 Å². The molecular weight excluding hydrogens is 226 g/mol. The Morgan fingerprint density at radius 1 is 1.44 bits per heavy atom. The largest absolute Gasteiger partial charge is 0.378 e. The molecule has 4 nitrogen and oxygen atoms in total. The number of carbonyl (C=O) groups is 1. The van der Waals surface area contributed by atoms with E-state index in [9.17, 15) is 4.79 Å². The summed E-state index contributed by atoms with van der Waals surface area (Å²) >= 11 is 0. The third-order valence-electron chi connectivity index (χ3n) is 3.27. The van der Waals surface area contributed by atoms with Crippen LogP contribution < -0.4 is 10.2 Å². The van der Waals surface area contributed by atoms with Gasteiger partial charge in [0.15, 0.2) is 0 Å². The van der Waals surface area contributed by atoms with Crippen LogP contribution in [0.25, 0.3) is 0 Å². The van der Waals surface area contributed by atoms with Gasteiger partial charge in [-0.05, 0) is 25.1 Å². The minimum Gasteiger partial charge on any atom is -0.378 e. The first kappa shape index (κ1) is 12.9. The lowest BCUT2D eigenvalue weighted by atomic mass is 10.1. The fourth-order valence-electron chi connectivity index (χ4n) is 2.22. The van der Waals surface area contributed by atoms with Gasteiger partial charge >= 0.3 is 0 Å². The maximum atomic E-state index is 12.4. The number of anilines is 1. The molecule has 1 saturated heterocycles. The lowest BCUT2D eigenvalue weighted by molar-refractivity contribution is 0.0709. The molecule has 0 saturated carbocycles. The number of hydrogen-bond acceptors (Lipinski definition) is 3. The molecule has 0 aliphatic carbocycles. The molecule has 1 atom stereocenters. The van der Waals surface area contributed by atoms with Gasteiger partial charge < -0.3 is 15.1 Å². The van der Waals surface area contributed by atoms with E-state index in [1.165, 1.54) is 0 Å². The zero-order valence-electron chi connectivity index (χ0n) is 11.3. The molecule has 0 spiro atoms. The third kappa shape index (κ3) is 2.82. The molecule has 1 amide bonds. The van der Waals surface area contributed by atoms with E-state index in [0.29, 0.717) is 6.04 Å². The zero-order chi connectivity index (χ0) is 13.1. The second kappa shape index (κ2) is 5.40. The Kier molecular flexibility index (Phi) is 3.87. The highest BCUT2D eigenvalue weighted by Gasteiger charge is 2.21. The lowest BCUT2D eigenvalue weighted by Gasteiger charge is -2.32. The molecule has 18 heavy (non-hydrogen) atoms. The first-order valence-corrected chi connectivity index (χ1v) is 6.38. The molecule has 1 heterocycles. The molecule has 0 aromatic heterocycles. The van der Waals surface area contributed by atoms with Gasteiger partial charge in [-0.3, -0.25) is 4.79 Å². The molecule has 1 aromatic carbocycles. The summed E-state index contributed by atoms with van der Waals surface area (Å²) in [6.45, 7) is 4.55. The minimum absolute atomic E-state index is 0.132. The normalized spacial score (nSPS) is 19.7. The van der Waals surface area contributed by atoms with E-state index < -0.39 is 0 Å². The van der Waals surface area contributed by atoms with Crippen LogP contribution in [0.2, 0.25) is 0 Å². The van der Waals surface area contributed by atoms with E-state index in [1.54, 1.807) is 0 Å². The Labute approximate surface area is 109 Å². The van der Waals surface area contributed by atoms with Crippen molar-refractivity contribution in [1.82, 2.24) is 10.2 Å². The van der Waals surface area contributed by atoms with E-state index in [2.05, 4.69) is 12.2 Å². The maximum absolute atomic E-state index is 12.4. The number of nitrogens with zero attached hydrogens (tertiary/aromatic N) is 2. The molecule has 0 bridgehead atoms. The Hall–Kier alpha value is -1.55. The Morgan fingerprint density at radius 3 is 2.89 bits per heavy atom. The van der Waals surface area contributed by atoms with E-state index in [0.717, 1.165) is 30.9 Å². The number of nitrogens with one attached hydrogen (secondary N) is 1. The molecule has 1 N–H and O–H groups in total. The van der Waals surface area contributed by atoms with Gasteiger partial charge in [-0.25, -0.2) is 0 Å². The van der Waals surface area contributed by atoms with Crippen molar-refractivity contribution in [3.05, 3.63) is 29.8 Å². The van der Waals surface area contributed by atoms with Crippen LogP contribution in [0, 0.1) is 0 Å². The van der Waals surface area contributed by atoms with Crippen molar-refractivity contribution in [2.75, 3.05) is 38.6 Å². The van der Waals surface area contributed by atoms with Crippen molar-refractivity contribution in [2.45, 2.75) is 13.0 Å². The van der Waals surface area contributed by atoms with Crippen LogP contribution in [0.5, 0.6) is 0 Å². The highest BCUT2D eigenvalue weighted by atomic mass is 16.2. The number of rotatable bonds is 2. The molecule has 1 aliphatic heterocycles. The van der Waals surface area contributed by atoms with Crippen LogP contribution in [0.1, 0.15) is 17.3 Å². The van der Waals surface area contributed by atoms with Crippen molar-refractivity contribution in [3.8, 4) is 0 Å². The summed E-state index contributed by atoms with van der Waals surface area (Å²) in [5.74, 6) is 0.132. The molecule has 1 aliphatic rings. The molecule has 0 radical (unpaired) electrons. The topological polar surface area (TPSA) is 35.6 Å². The van der Waals surface area contributed by atoms with Crippen LogP contribution in [-0.4, -0.2) is 50.6 Å². The monoisotopic (exact) mass is 247 g/mol. The Balaban J connectivity index is 2.15. The summed E-state index contributed by atoms with van der Waals surface area (Å²) in [6.07, 6.45) is 0. The third-order valence-corrected chi connectivity index (χ3v) is 3.27. The highest BCUT2D eigenvalue weighted by molar-refractivity contribution is 5.95. The SMILES string of the molecule is CC1CN(C(=O)c2cccc(N(C)C)c2)CCN1. The molecule has 1 fully saturated rings. The van der Waals surface area contributed by atoms with E-state index in [1.807, 2.05) is 48.2 Å². The van der Waals surface area contributed by atoms with Crippen LogP contribution in [0.15, 0.2) is 24.3 Å². The van der Waals surface area contributed by atoms with Crippen molar-refractivity contribution < 1.29 is 4.79 Å². The summed E-state index contributed by atoms with van der Waals surface area (Å²) in [5, 5.41) is 3.35. The molecule has 1 unspecified atom stereocenters. The summed E-state index contributed by atoms with van der Waals surface area (Å²) in [7, 11) is 3.97. The molecule has 98 valence electrons. The number of piperazine rings is 1. The highest BCUT2D eigenvalue weighted by Crippen LogP contribution is 2.15. The number of carbonyl (C=O) groups excluding carboxylic acids is 1. The number of benzene rings is 1. The van der Waals surface area contributed by atoms with Crippen molar-refractivity contribution in [1.29, 1.82) is 0 Å². The zero-order valence-corrected chi connectivity index (χ0v) is 11.3. The van der Waals surface area contributed by atoms with Gasteiger partial charge in [0.25, 0.3) is 5.91 Å². The summed E-state index contributed by atoms with van der Waals surface area (Å²) in [4.78, 5) is 16.3. The van der Waals surface area contributed by atoms with Crippen molar-refractivity contribution in [2.24, 2.45) is 0 Å². The van der Waals surface area contributed by atoms with Crippen LogP contribution in [0.4, 0.5) is 5.69 Å². The van der Waals surface area contributed by atoms with Gasteiger partial charge in [-0.1, -0.05) is 6.07 Å². The standard InChI is InChI=1S/C14H21N3O/c1-11-10-17(8-7-15-11)14(18)12-5-4-6-13(9-12)16(2)3/h4-6,9,11,15H,7-8,10H2,1-3H3. The molecule has 4 heteroatoms. The van der Waals surface area contributed by atoms with Gasteiger partial charge in [0.1, 0.15) is 0 Å². The first-order chi connectivity index (χ1) is 8.58. The average molecular weight is 247 g/mol. The van der Waals surface area contributed by atoms with E-state index in [-0.39, 0.29) is 5.91 Å². The minimum atomic E-state index is 0.132. The molecule has 1 aromatic rings. The van der Waals surface area contributed by atoms with Crippen molar-refractivity contribution >= 4 is 11.6 Å². The number of amides is 1. The second-order valence-corrected chi connectivity index (χ2v) is 5.05. The summed E-state index contributed by atoms with van der Waals surface area (Å²) in [6, 6.07) is 8.17. The van der Waals surface area contributed by atoms with Gasteiger partial charge in [0.05, 0.1) is 0 Å². The predicted octanol–water partition coefficient (Wildman–Crippen LogP) is 1.19. The smallest absolute Gasteiger partial charge is 0.254 e. The first-order valence-electron chi connectivity index (χ1n) is 6.38. The van der Waals surface area contributed by atoms with Crippen molar-refractivity contribution in [3.63, 3.8) is 0 Å². The summed E-state index contributed by atoms with van der Waals surface area (Å²) in [5.41, 5.74) is 1.83. The Bertz CT molecular complexity index is 431. The van der Waals surface area contributed by atoms with Crippen LogP contribution >= 0.6 is 0 Å². The predicted molar refractivity (Wildman–Crippen MR) is 74.1 cm³/mol. The molecule has 2 rings (SSSR count). The number of hydrogen-bond donors (Lipinski definition) is 1. The summed E-state index contributed by atoms with van der Waals surface area (Å²) < 4.78 is 0. The van der Waals surface area contributed by atoms with Crippen LogP contribution in [-0.2, 0) is 0 Å². The maximum Gasteiger partial charge on any atom is 0.254 e. The van der Waals surface area contributed by atoms with Gasteiger partial charge in [-0.2, -0.15) is 0 Å². The fourth-order valence-corrected chi connectivity index (χ4v) is 2.22. The Morgan fingerprint density at radius 2 is 2.22 bits per heavy atom. The van der Waals surface area contributed by atoms with Crippen LogP contribution in [0.3, 0.4) is 0 Å². The van der Waals surface area contributed by atoms with Gasteiger partial charge in [0.2, 0.25) is 0 Å². The lowest BCUT2D eigenvalue weighted by Crippen LogP contribution is -2.51. The van der Waals surface area contributed by atoms with Gasteiger partial charge in [-0.15, -0.1) is 0 Å². The van der Waals surface area contributed by atoms with E-state index >= 15 is 0 Å². The average Bonchev–Trinajstić information content (AvgIpc) is 2.38. The molecular formula is C14H21N3O. The fraction of sp³-hybridized carbons (Fsp3) is 0.500. The van der Waals surface area contributed by atoms with E-state index in [4.69, 9.17) is 0 Å². The quantitative estimate of drug-likeness (QED) is 0.852.